The molecule has 0 spiro atoms. The van der Waals surface area contributed by atoms with Crippen molar-refractivity contribution < 1.29 is 0 Å². The van der Waals surface area contributed by atoms with Gasteiger partial charge in [0.2, 0.25) is 0 Å². The minimum Gasteiger partial charge on any atom is -0.0995 e. The second-order valence-corrected chi connectivity index (χ2v) is 15.3. The molecule has 1 aromatic rings. The summed E-state index contributed by atoms with van der Waals surface area (Å²) in [6.45, 7) is 47.1. The van der Waals surface area contributed by atoms with Crippen LogP contribution in [0.5, 0.6) is 0 Å². The molecule has 0 saturated carbocycles. The Morgan fingerprint density at radius 3 is 2.13 bits per heavy atom. The van der Waals surface area contributed by atoms with Crippen LogP contribution < -0.4 is 0 Å². The third kappa shape index (κ3) is 3.91. The van der Waals surface area contributed by atoms with Gasteiger partial charge in [-0.05, 0) is 114 Å². The monoisotopic (exact) mass is 522 g/mol. The number of hydrogen-bond acceptors (Lipinski definition) is 0. The van der Waals surface area contributed by atoms with E-state index in [1.807, 2.05) is 0 Å². The van der Waals surface area contributed by atoms with Crippen LogP contribution in [0.3, 0.4) is 0 Å². The molecule has 210 valence electrons. The molecule has 3 aliphatic rings. The molecule has 0 nitrogen and oxygen atoms in total. The van der Waals surface area contributed by atoms with E-state index in [1.54, 1.807) is 0 Å². The van der Waals surface area contributed by atoms with Crippen molar-refractivity contribution in [1.29, 1.82) is 0 Å². The maximum absolute atomic E-state index is 4.89. The van der Waals surface area contributed by atoms with Gasteiger partial charge in [0.1, 0.15) is 0 Å². The highest BCUT2D eigenvalue weighted by Gasteiger charge is 2.64. The Labute approximate surface area is 240 Å². The van der Waals surface area contributed by atoms with Crippen LogP contribution in [0, 0.1) is 34.5 Å². The number of rotatable bonds is 4. The molecular formula is C39H54. The summed E-state index contributed by atoms with van der Waals surface area (Å²) >= 11 is 0. The minimum atomic E-state index is -0.151. The molecule has 1 aromatic carbocycles. The summed E-state index contributed by atoms with van der Waals surface area (Å²) < 4.78 is 0. The molecule has 0 heteroatoms. The molecule has 0 aromatic heterocycles. The van der Waals surface area contributed by atoms with Gasteiger partial charge in [-0.2, -0.15) is 0 Å². The third-order valence-corrected chi connectivity index (χ3v) is 11.9. The Bertz CT molecular complexity index is 1380. The lowest BCUT2D eigenvalue weighted by Gasteiger charge is -2.67. The predicted octanol–water partition coefficient (Wildman–Crippen LogP) is 11.5. The number of benzene rings is 1. The van der Waals surface area contributed by atoms with Crippen molar-refractivity contribution >= 4 is 5.57 Å². The zero-order valence-electron chi connectivity index (χ0n) is 27.3. The van der Waals surface area contributed by atoms with Gasteiger partial charge in [-0.1, -0.05) is 116 Å². The molecule has 0 amide bonds. The van der Waals surface area contributed by atoms with Crippen molar-refractivity contribution in [2.24, 2.45) is 27.6 Å². The molecule has 5 atom stereocenters. The van der Waals surface area contributed by atoms with E-state index in [9.17, 15) is 0 Å². The Morgan fingerprint density at radius 1 is 1.00 bits per heavy atom. The molecule has 0 fully saturated rings. The normalized spacial score (nSPS) is 32.6. The van der Waals surface area contributed by atoms with Gasteiger partial charge in [0.05, 0.1) is 0 Å². The average molecular weight is 523 g/mol. The lowest BCUT2D eigenvalue weighted by atomic mass is 9.37. The highest BCUT2D eigenvalue weighted by atomic mass is 14.7. The van der Waals surface area contributed by atoms with Gasteiger partial charge in [0, 0.05) is 10.8 Å². The fraction of sp³-hybridized carbons (Fsp3) is 0.538. The summed E-state index contributed by atoms with van der Waals surface area (Å²) in [5.74, 6) is 0.837. The number of allylic oxidation sites excluding steroid dienone is 8. The largest absolute Gasteiger partial charge is 0.0995 e. The van der Waals surface area contributed by atoms with E-state index >= 15 is 0 Å². The molecule has 3 aliphatic carbocycles. The van der Waals surface area contributed by atoms with E-state index in [0.717, 1.165) is 24.8 Å². The Balaban J connectivity index is 1.95. The van der Waals surface area contributed by atoms with Gasteiger partial charge in [-0.25, -0.2) is 0 Å². The van der Waals surface area contributed by atoms with Crippen molar-refractivity contribution in [1.82, 2.24) is 0 Å². The van der Waals surface area contributed by atoms with E-state index in [0.29, 0.717) is 11.8 Å². The zero-order valence-corrected chi connectivity index (χ0v) is 27.3. The minimum absolute atomic E-state index is 0.00645. The second kappa shape index (κ2) is 9.09. The molecule has 39 heavy (non-hydrogen) atoms. The van der Waals surface area contributed by atoms with Gasteiger partial charge in [0.15, 0.2) is 0 Å². The summed E-state index contributed by atoms with van der Waals surface area (Å²) in [6, 6.07) is 4.80. The third-order valence-electron chi connectivity index (χ3n) is 11.9. The molecule has 0 heterocycles. The van der Waals surface area contributed by atoms with Crippen LogP contribution in [0.25, 0.3) is 5.57 Å². The van der Waals surface area contributed by atoms with Crippen LogP contribution in [0.4, 0.5) is 0 Å². The van der Waals surface area contributed by atoms with Crippen LogP contribution in [0.15, 0.2) is 77.5 Å². The first kappa shape index (κ1) is 29.6. The van der Waals surface area contributed by atoms with Crippen LogP contribution in [-0.2, 0) is 6.42 Å². The maximum Gasteiger partial charge on any atom is 0.0196 e. The molecule has 0 radical (unpaired) electrons. The molecule has 0 aliphatic heterocycles. The lowest BCUT2D eigenvalue weighted by molar-refractivity contribution is -0.0260. The van der Waals surface area contributed by atoms with Crippen molar-refractivity contribution in [2.75, 3.05) is 0 Å². The summed E-state index contributed by atoms with van der Waals surface area (Å²) in [5, 5.41) is 0. The van der Waals surface area contributed by atoms with E-state index in [-0.39, 0.29) is 21.7 Å². The van der Waals surface area contributed by atoms with Gasteiger partial charge in [-0.3, -0.25) is 0 Å². The highest BCUT2D eigenvalue weighted by Crippen LogP contribution is 2.74. The van der Waals surface area contributed by atoms with Gasteiger partial charge >= 0.3 is 0 Å². The second-order valence-electron chi connectivity index (χ2n) is 15.3. The van der Waals surface area contributed by atoms with Gasteiger partial charge in [-0.15, -0.1) is 0 Å². The molecular weight excluding hydrogens is 468 g/mol. The maximum atomic E-state index is 4.89. The summed E-state index contributed by atoms with van der Waals surface area (Å²) in [7, 11) is 0. The first-order chi connectivity index (χ1) is 17.7. The highest BCUT2D eigenvalue weighted by molar-refractivity contribution is 5.88. The zero-order chi connectivity index (χ0) is 29.6. The van der Waals surface area contributed by atoms with Gasteiger partial charge in [0.25, 0.3) is 0 Å². The topological polar surface area (TPSA) is 0 Å². The Hall–Kier alpha value is -2.34. The Morgan fingerprint density at radius 2 is 1.59 bits per heavy atom. The van der Waals surface area contributed by atoms with Crippen LogP contribution in [0.2, 0.25) is 0 Å². The van der Waals surface area contributed by atoms with E-state index in [1.165, 1.54) is 61.3 Å². The fourth-order valence-corrected chi connectivity index (χ4v) is 9.46. The fourth-order valence-electron chi connectivity index (χ4n) is 9.46. The van der Waals surface area contributed by atoms with Crippen molar-refractivity contribution in [3.05, 3.63) is 99.7 Å². The molecule has 0 unspecified atom stereocenters. The summed E-state index contributed by atoms with van der Waals surface area (Å²) in [4.78, 5) is 0. The average Bonchev–Trinajstić information content (AvgIpc) is 2.79. The van der Waals surface area contributed by atoms with Crippen molar-refractivity contribution in [3.63, 3.8) is 0 Å². The van der Waals surface area contributed by atoms with E-state index in [2.05, 4.69) is 108 Å². The molecule has 0 saturated heterocycles. The predicted molar refractivity (Wildman–Crippen MR) is 173 cm³/mol. The number of fused-ring (bicyclic) bond motifs is 3. The van der Waals surface area contributed by atoms with Crippen molar-refractivity contribution in [3.8, 4) is 0 Å². The van der Waals surface area contributed by atoms with Crippen LogP contribution in [0.1, 0.15) is 117 Å². The first-order valence-electron chi connectivity index (χ1n) is 15.0. The first-order valence-corrected chi connectivity index (χ1v) is 15.0. The molecule has 0 N–H and O–H groups in total. The lowest BCUT2D eigenvalue weighted by Crippen LogP contribution is -2.58. The number of hydrogen-bond donors (Lipinski definition) is 0. The smallest absolute Gasteiger partial charge is 0.0196 e. The summed E-state index contributed by atoms with van der Waals surface area (Å²) in [5.41, 5.74) is 16.4. The van der Waals surface area contributed by atoms with Gasteiger partial charge < -0.3 is 0 Å². The van der Waals surface area contributed by atoms with Crippen LogP contribution >= 0.6 is 0 Å². The molecule has 4 rings (SSSR count). The van der Waals surface area contributed by atoms with Crippen LogP contribution in [-0.4, -0.2) is 0 Å². The molecule has 0 bridgehead atoms. The van der Waals surface area contributed by atoms with E-state index in [4.69, 9.17) is 13.2 Å². The standard InChI is InChI=1S/C39H54/c1-22(2)33-24(4)21-37(14)30(10)38(15)27(7)32-18-17-31(19-23(3)20-36(11,12)13)25(5)34(32)26(6)35(38)29(9)39(37,16)28(33)8/h17-18,27,30H,1,3,6,8,19-21H2,2,4-5,7,9-16H3/t27-,30+,37+,38-,39-/m1/s1. The van der Waals surface area contributed by atoms with Crippen molar-refractivity contribution in [2.45, 2.75) is 108 Å². The van der Waals surface area contributed by atoms with E-state index < -0.39 is 0 Å². The Kier molecular flexibility index (Phi) is 6.91. The quantitative estimate of drug-likeness (QED) is 0.345. The SMILES string of the molecule is C=C(Cc1ccc2c(c1C)C(=C)C1=C(C)[C@@]3(C)C(=C)C(C(=C)C)=C(C)C[C@@]3(C)[C@H](C)[C@@]1(C)[C@@H]2C)CC(C)(C)C. The summed E-state index contributed by atoms with van der Waals surface area (Å²) in [6.07, 6.45) is 3.05.